The van der Waals surface area contributed by atoms with Gasteiger partial charge in [-0.2, -0.15) is 0 Å². The van der Waals surface area contributed by atoms with Crippen molar-refractivity contribution in [3.05, 3.63) is 48.0 Å². The topological polar surface area (TPSA) is 102 Å². The molecule has 134 valence electrons. The van der Waals surface area contributed by atoms with E-state index in [0.717, 1.165) is 4.70 Å². The van der Waals surface area contributed by atoms with Crippen LogP contribution in [0.3, 0.4) is 0 Å². The predicted molar refractivity (Wildman–Crippen MR) is 98.8 cm³/mol. The Kier molecular flexibility index (Phi) is 5.18. The van der Waals surface area contributed by atoms with E-state index < -0.39 is 11.9 Å². The predicted octanol–water partition coefficient (Wildman–Crippen LogP) is 2.78. The lowest BCUT2D eigenvalue weighted by molar-refractivity contribution is 0.0938. The molecule has 0 atom stereocenters. The fraction of sp³-hybridized carbons (Fsp3) is 0.118. The summed E-state index contributed by atoms with van der Waals surface area (Å²) in [5, 5.41) is 2.96. The molecule has 0 radical (unpaired) electrons. The number of hydrazine groups is 1. The molecule has 3 N–H and O–H groups in total. The number of nitrogens with zero attached hydrogens (tertiary/aromatic N) is 1. The second kappa shape index (κ2) is 7.70. The summed E-state index contributed by atoms with van der Waals surface area (Å²) in [5.41, 5.74) is 5.66. The van der Waals surface area contributed by atoms with E-state index in [1.807, 2.05) is 12.1 Å². The highest BCUT2D eigenvalue weighted by Crippen LogP contribution is 2.31. The quantitative estimate of drug-likeness (QED) is 0.611. The van der Waals surface area contributed by atoms with E-state index in [-0.39, 0.29) is 0 Å². The highest BCUT2D eigenvalue weighted by atomic mass is 32.1. The lowest BCUT2D eigenvalue weighted by Crippen LogP contribution is -2.43. The normalized spacial score (nSPS) is 10.2. The van der Waals surface area contributed by atoms with Crippen LogP contribution >= 0.6 is 11.3 Å². The summed E-state index contributed by atoms with van der Waals surface area (Å²) in [6.07, 6.45) is 0. The molecule has 0 saturated carbocycles. The van der Waals surface area contributed by atoms with Crippen molar-refractivity contribution < 1.29 is 19.1 Å². The van der Waals surface area contributed by atoms with Crippen LogP contribution in [0, 0.1) is 0 Å². The zero-order valence-corrected chi connectivity index (χ0v) is 14.8. The molecule has 0 aliphatic heterocycles. The zero-order valence-electron chi connectivity index (χ0n) is 14.0. The van der Waals surface area contributed by atoms with E-state index in [1.54, 1.807) is 44.6 Å². The SMILES string of the molecule is COc1ccc(C(=O)NNC(=O)Nc2nc3c(OC)cccc3s2)cc1. The minimum Gasteiger partial charge on any atom is -0.497 e. The Morgan fingerprint density at radius 2 is 1.77 bits per heavy atom. The number of methoxy groups -OCH3 is 2. The highest BCUT2D eigenvalue weighted by Gasteiger charge is 2.12. The number of fused-ring (bicyclic) bond motifs is 1. The number of hydrogen-bond acceptors (Lipinski definition) is 6. The number of rotatable bonds is 4. The Hall–Kier alpha value is -3.33. The Labute approximate surface area is 153 Å². The van der Waals surface area contributed by atoms with Crippen LogP contribution in [-0.4, -0.2) is 31.1 Å². The third-order valence-electron chi connectivity index (χ3n) is 3.46. The number of carbonyl (C=O) groups excluding carboxylic acids is 2. The molecule has 0 aliphatic rings. The number of aromatic nitrogens is 1. The molecule has 0 fully saturated rings. The molecule has 8 nitrogen and oxygen atoms in total. The van der Waals surface area contributed by atoms with Gasteiger partial charge < -0.3 is 9.47 Å². The fourth-order valence-corrected chi connectivity index (χ4v) is 3.08. The highest BCUT2D eigenvalue weighted by molar-refractivity contribution is 7.22. The first-order valence-corrected chi connectivity index (χ1v) is 8.37. The molecular weight excluding hydrogens is 356 g/mol. The van der Waals surface area contributed by atoms with Crippen molar-refractivity contribution in [2.45, 2.75) is 0 Å². The molecular formula is C17H16N4O4S. The third kappa shape index (κ3) is 3.83. The summed E-state index contributed by atoms with van der Waals surface area (Å²) in [4.78, 5) is 28.3. The first-order valence-electron chi connectivity index (χ1n) is 7.55. The first-order chi connectivity index (χ1) is 12.6. The average molecular weight is 372 g/mol. The number of carbonyl (C=O) groups is 2. The molecule has 2 aromatic carbocycles. The van der Waals surface area contributed by atoms with Gasteiger partial charge in [-0.15, -0.1) is 0 Å². The van der Waals surface area contributed by atoms with Gasteiger partial charge in [0, 0.05) is 5.56 Å². The number of hydrogen-bond donors (Lipinski definition) is 3. The Balaban J connectivity index is 1.59. The standard InChI is InChI=1S/C17H16N4O4S/c1-24-11-8-6-10(7-9-11)15(22)20-21-16(23)19-17-18-14-12(25-2)4-3-5-13(14)26-17/h3-9H,1-2H3,(H,20,22)(H2,18,19,21,23). The molecule has 0 unspecified atom stereocenters. The molecule has 1 heterocycles. The van der Waals surface area contributed by atoms with Crippen LogP contribution in [0.1, 0.15) is 10.4 Å². The average Bonchev–Trinajstić information content (AvgIpc) is 3.08. The Morgan fingerprint density at radius 1 is 1.00 bits per heavy atom. The van der Waals surface area contributed by atoms with Crippen LogP contribution in [-0.2, 0) is 0 Å². The van der Waals surface area contributed by atoms with Gasteiger partial charge >= 0.3 is 6.03 Å². The van der Waals surface area contributed by atoms with Gasteiger partial charge in [0.25, 0.3) is 5.91 Å². The number of anilines is 1. The van der Waals surface area contributed by atoms with Gasteiger partial charge in [-0.3, -0.25) is 15.5 Å². The summed E-state index contributed by atoms with van der Waals surface area (Å²) in [6, 6.07) is 11.4. The molecule has 1 aromatic heterocycles. The number of ether oxygens (including phenoxy) is 2. The summed E-state index contributed by atoms with van der Waals surface area (Å²) >= 11 is 1.30. The number of nitrogens with one attached hydrogen (secondary N) is 3. The van der Waals surface area contributed by atoms with Gasteiger partial charge in [-0.05, 0) is 36.4 Å². The number of amides is 3. The van der Waals surface area contributed by atoms with Gasteiger partial charge in [-0.25, -0.2) is 15.2 Å². The van der Waals surface area contributed by atoms with Crippen LogP contribution in [0.5, 0.6) is 11.5 Å². The van der Waals surface area contributed by atoms with Crippen LogP contribution in [0.25, 0.3) is 10.2 Å². The molecule has 3 amide bonds. The minimum atomic E-state index is -0.607. The van der Waals surface area contributed by atoms with Gasteiger partial charge in [0.15, 0.2) is 5.13 Å². The molecule has 26 heavy (non-hydrogen) atoms. The number of benzene rings is 2. The van der Waals surface area contributed by atoms with E-state index in [4.69, 9.17) is 9.47 Å². The van der Waals surface area contributed by atoms with Crippen molar-refractivity contribution in [1.82, 2.24) is 15.8 Å². The molecule has 3 rings (SSSR count). The van der Waals surface area contributed by atoms with E-state index in [1.165, 1.54) is 11.3 Å². The number of para-hydroxylation sites is 1. The third-order valence-corrected chi connectivity index (χ3v) is 4.40. The molecule has 0 aliphatic carbocycles. The van der Waals surface area contributed by atoms with Crippen LogP contribution < -0.4 is 25.6 Å². The van der Waals surface area contributed by atoms with Crippen molar-refractivity contribution >= 4 is 38.6 Å². The maximum atomic E-state index is 12.0. The molecule has 9 heteroatoms. The number of urea groups is 1. The molecule has 0 bridgehead atoms. The zero-order chi connectivity index (χ0) is 18.5. The monoisotopic (exact) mass is 372 g/mol. The molecule has 3 aromatic rings. The van der Waals surface area contributed by atoms with Gasteiger partial charge in [0.05, 0.1) is 18.9 Å². The number of thiazole rings is 1. The smallest absolute Gasteiger partial charge is 0.339 e. The summed E-state index contributed by atoms with van der Waals surface area (Å²) in [7, 11) is 3.10. The Bertz CT molecular complexity index is 940. The molecule has 0 spiro atoms. The summed E-state index contributed by atoms with van der Waals surface area (Å²) in [6.45, 7) is 0. The summed E-state index contributed by atoms with van der Waals surface area (Å²) < 4.78 is 11.1. The van der Waals surface area contributed by atoms with Crippen LogP contribution in [0.2, 0.25) is 0 Å². The lowest BCUT2D eigenvalue weighted by Gasteiger charge is -2.07. The fourth-order valence-electron chi connectivity index (χ4n) is 2.20. The first kappa shape index (κ1) is 17.5. The Morgan fingerprint density at radius 3 is 2.46 bits per heavy atom. The van der Waals surface area contributed by atoms with Gasteiger partial charge in [0.2, 0.25) is 0 Å². The largest absolute Gasteiger partial charge is 0.497 e. The van der Waals surface area contributed by atoms with E-state index in [0.29, 0.717) is 27.7 Å². The maximum Gasteiger partial charge on any atom is 0.339 e. The van der Waals surface area contributed by atoms with Crippen LogP contribution in [0.4, 0.5) is 9.93 Å². The summed E-state index contributed by atoms with van der Waals surface area (Å²) in [5.74, 6) is 0.812. The van der Waals surface area contributed by atoms with Gasteiger partial charge in [-0.1, -0.05) is 17.4 Å². The lowest BCUT2D eigenvalue weighted by atomic mass is 10.2. The van der Waals surface area contributed by atoms with Crippen molar-refractivity contribution in [3.63, 3.8) is 0 Å². The van der Waals surface area contributed by atoms with Crippen molar-refractivity contribution in [2.75, 3.05) is 19.5 Å². The van der Waals surface area contributed by atoms with Gasteiger partial charge in [0.1, 0.15) is 17.0 Å². The maximum absolute atomic E-state index is 12.0. The van der Waals surface area contributed by atoms with Crippen molar-refractivity contribution in [2.24, 2.45) is 0 Å². The minimum absolute atomic E-state index is 0.385. The van der Waals surface area contributed by atoms with E-state index >= 15 is 0 Å². The van der Waals surface area contributed by atoms with E-state index in [9.17, 15) is 9.59 Å². The second-order valence-corrected chi connectivity index (χ2v) is 6.12. The van der Waals surface area contributed by atoms with Crippen LogP contribution in [0.15, 0.2) is 42.5 Å². The molecule has 0 saturated heterocycles. The second-order valence-electron chi connectivity index (χ2n) is 5.09. The van der Waals surface area contributed by atoms with E-state index in [2.05, 4.69) is 21.2 Å². The van der Waals surface area contributed by atoms with Crippen molar-refractivity contribution in [3.8, 4) is 11.5 Å². The van der Waals surface area contributed by atoms with Crippen molar-refractivity contribution in [1.29, 1.82) is 0 Å².